The van der Waals surface area contributed by atoms with Gasteiger partial charge in [-0.1, -0.05) is 6.92 Å². The van der Waals surface area contributed by atoms with E-state index in [4.69, 9.17) is 0 Å². The lowest BCUT2D eigenvalue weighted by atomic mass is 9.85. The fraction of sp³-hybridized carbons (Fsp3) is 0.667. The second-order valence-electron chi connectivity index (χ2n) is 6.25. The summed E-state index contributed by atoms with van der Waals surface area (Å²) in [6, 6.07) is 0.579. The van der Waals surface area contributed by atoms with Crippen molar-refractivity contribution in [2.24, 2.45) is 0 Å². The second-order valence-corrected chi connectivity index (χ2v) is 6.25. The molecule has 1 aliphatic rings. The lowest BCUT2D eigenvalue weighted by molar-refractivity contribution is 0.168. The Morgan fingerprint density at radius 1 is 0.818 bits per heavy atom. The molecular weight excluding hydrogens is 315 g/mol. The van der Waals surface area contributed by atoms with E-state index in [-0.39, 0.29) is 24.8 Å². The minimum absolute atomic E-state index is 0. The fourth-order valence-corrected chi connectivity index (χ4v) is 3.67. The van der Waals surface area contributed by atoms with Gasteiger partial charge in [-0.15, -0.1) is 24.8 Å². The van der Waals surface area contributed by atoms with Crippen LogP contribution in [0.3, 0.4) is 0 Å². The predicted octanol–water partition coefficient (Wildman–Crippen LogP) is 4.43. The first-order chi connectivity index (χ1) is 9.49. The molecule has 128 valence electrons. The fourth-order valence-electron chi connectivity index (χ4n) is 3.67. The first kappa shape index (κ1) is 21.7. The molecule has 1 saturated heterocycles. The zero-order valence-corrected chi connectivity index (χ0v) is 16.5. The summed E-state index contributed by atoms with van der Waals surface area (Å²) in [5, 5.41) is 3.46. The number of piperazine rings is 1. The summed E-state index contributed by atoms with van der Waals surface area (Å²) < 4.78 is 0. The molecule has 2 nitrogen and oxygen atoms in total. The zero-order chi connectivity index (χ0) is 14.9. The number of halogens is 2. The third-order valence-electron chi connectivity index (χ3n) is 5.37. The van der Waals surface area contributed by atoms with E-state index < -0.39 is 0 Å². The minimum Gasteiger partial charge on any atom is -0.314 e. The van der Waals surface area contributed by atoms with Gasteiger partial charge in [0.15, 0.2) is 0 Å². The lowest BCUT2D eigenvalue weighted by Crippen LogP contribution is -2.45. The van der Waals surface area contributed by atoms with Crippen molar-refractivity contribution in [3.8, 4) is 0 Å². The first-order valence-electron chi connectivity index (χ1n) is 8.00. The maximum atomic E-state index is 3.46. The maximum Gasteiger partial charge on any atom is 0.0352 e. The average Bonchev–Trinajstić information content (AvgIpc) is 2.48. The van der Waals surface area contributed by atoms with Crippen LogP contribution in [0.1, 0.15) is 52.8 Å². The predicted molar refractivity (Wildman–Crippen MR) is 102 cm³/mol. The average molecular weight is 347 g/mol. The number of nitrogens with zero attached hydrogens (tertiary/aromatic N) is 1. The van der Waals surface area contributed by atoms with Crippen molar-refractivity contribution >= 4 is 24.8 Å². The Balaban J connectivity index is 0.00000220. The molecule has 0 radical (unpaired) electrons. The maximum absolute atomic E-state index is 3.46. The Kier molecular flexibility index (Phi) is 9.01. The van der Waals surface area contributed by atoms with Crippen molar-refractivity contribution in [1.29, 1.82) is 0 Å². The van der Waals surface area contributed by atoms with Gasteiger partial charge in [0.2, 0.25) is 0 Å². The summed E-state index contributed by atoms with van der Waals surface area (Å²) >= 11 is 0. The highest BCUT2D eigenvalue weighted by molar-refractivity contribution is 5.85. The molecule has 1 atom stereocenters. The molecule has 0 spiro atoms. The van der Waals surface area contributed by atoms with Crippen LogP contribution in [-0.4, -0.2) is 31.1 Å². The Morgan fingerprint density at radius 3 is 1.64 bits per heavy atom. The Hall–Kier alpha value is -0.280. The monoisotopic (exact) mass is 346 g/mol. The quantitative estimate of drug-likeness (QED) is 0.870. The highest BCUT2D eigenvalue weighted by atomic mass is 35.5. The number of benzene rings is 1. The van der Waals surface area contributed by atoms with Gasteiger partial charge in [-0.3, -0.25) is 4.90 Å². The van der Waals surface area contributed by atoms with Gasteiger partial charge in [0, 0.05) is 32.2 Å². The van der Waals surface area contributed by atoms with Gasteiger partial charge < -0.3 is 5.32 Å². The SMILES string of the molecule is CC[C@H](c1c(C)c(C)c(C)c(C)c1C)N1CCNCC1.Cl.Cl. The number of hydrogen-bond acceptors (Lipinski definition) is 2. The molecule has 1 aromatic rings. The molecule has 4 heteroatoms. The van der Waals surface area contributed by atoms with Crippen LogP contribution in [0.2, 0.25) is 0 Å². The molecule has 0 saturated carbocycles. The summed E-state index contributed by atoms with van der Waals surface area (Å²) in [6.45, 7) is 18.4. The van der Waals surface area contributed by atoms with Crippen LogP contribution in [0.15, 0.2) is 0 Å². The van der Waals surface area contributed by atoms with E-state index in [1.165, 1.54) is 47.3 Å². The number of nitrogens with one attached hydrogen (secondary N) is 1. The van der Waals surface area contributed by atoms with Crippen LogP contribution in [0.4, 0.5) is 0 Å². The standard InChI is InChI=1S/C18H30N2.2ClH/c1-7-17(20-10-8-19-9-11-20)18-15(5)13(3)12(2)14(4)16(18)6;;/h17,19H,7-11H2,1-6H3;2*1H/t17-;;/m1../s1. The summed E-state index contributed by atoms with van der Waals surface area (Å²) in [5.41, 5.74) is 9.05. The topological polar surface area (TPSA) is 15.3 Å². The Bertz CT molecular complexity index is 465. The minimum atomic E-state index is 0. The van der Waals surface area contributed by atoms with Crippen molar-refractivity contribution in [3.63, 3.8) is 0 Å². The molecule has 2 rings (SSSR count). The molecule has 1 heterocycles. The smallest absolute Gasteiger partial charge is 0.0352 e. The number of hydrogen-bond donors (Lipinski definition) is 1. The van der Waals surface area contributed by atoms with Crippen molar-refractivity contribution in [3.05, 3.63) is 33.4 Å². The largest absolute Gasteiger partial charge is 0.314 e. The molecule has 1 aromatic carbocycles. The van der Waals surface area contributed by atoms with Gasteiger partial charge in [-0.25, -0.2) is 0 Å². The van der Waals surface area contributed by atoms with Gasteiger partial charge in [0.05, 0.1) is 0 Å². The summed E-state index contributed by atoms with van der Waals surface area (Å²) in [5.74, 6) is 0. The third-order valence-corrected chi connectivity index (χ3v) is 5.37. The Morgan fingerprint density at radius 2 is 1.23 bits per heavy atom. The molecule has 0 aromatic heterocycles. The van der Waals surface area contributed by atoms with Crippen molar-refractivity contribution in [1.82, 2.24) is 10.2 Å². The van der Waals surface area contributed by atoms with Crippen LogP contribution < -0.4 is 5.32 Å². The van der Waals surface area contributed by atoms with Gasteiger partial charge in [-0.2, -0.15) is 0 Å². The number of rotatable bonds is 3. The normalized spacial score (nSPS) is 16.6. The third kappa shape index (κ3) is 3.97. The molecular formula is C18H32Cl2N2. The van der Waals surface area contributed by atoms with Gasteiger partial charge >= 0.3 is 0 Å². The van der Waals surface area contributed by atoms with Crippen molar-refractivity contribution in [2.75, 3.05) is 26.2 Å². The molecule has 22 heavy (non-hydrogen) atoms. The Labute approximate surface area is 148 Å². The van der Waals surface area contributed by atoms with Crippen molar-refractivity contribution in [2.45, 2.75) is 54.0 Å². The van der Waals surface area contributed by atoms with Crippen LogP contribution in [0.25, 0.3) is 0 Å². The van der Waals surface area contributed by atoms with E-state index in [0.29, 0.717) is 6.04 Å². The van der Waals surface area contributed by atoms with E-state index in [1.807, 2.05) is 0 Å². The molecule has 0 aliphatic carbocycles. The molecule has 1 fully saturated rings. The second kappa shape index (κ2) is 9.12. The summed E-state index contributed by atoms with van der Waals surface area (Å²) in [6.07, 6.45) is 1.20. The van der Waals surface area contributed by atoms with E-state index in [0.717, 1.165) is 13.1 Å². The molecule has 1 N–H and O–H groups in total. The molecule has 1 aliphatic heterocycles. The van der Waals surface area contributed by atoms with Gasteiger partial charge in [-0.05, 0) is 74.4 Å². The van der Waals surface area contributed by atoms with Crippen LogP contribution in [0, 0.1) is 34.6 Å². The van der Waals surface area contributed by atoms with E-state index in [2.05, 4.69) is 51.8 Å². The van der Waals surface area contributed by atoms with Crippen LogP contribution >= 0.6 is 24.8 Å². The van der Waals surface area contributed by atoms with Crippen molar-refractivity contribution < 1.29 is 0 Å². The first-order valence-corrected chi connectivity index (χ1v) is 8.00. The van der Waals surface area contributed by atoms with Crippen LogP contribution in [-0.2, 0) is 0 Å². The molecule has 0 bridgehead atoms. The summed E-state index contributed by atoms with van der Waals surface area (Å²) in [4.78, 5) is 2.67. The van der Waals surface area contributed by atoms with Gasteiger partial charge in [0.25, 0.3) is 0 Å². The zero-order valence-electron chi connectivity index (χ0n) is 14.9. The van der Waals surface area contributed by atoms with E-state index in [9.17, 15) is 0 Å². The highest BCUT2D eigenvalue weighted by Gasteiger charge is 2.25. The van der Waals surface area contributed by atoms with E-state index in [1.54, 1.807) is 5.56 Å². The summed E-state index contributed by atoms with van der Waals surface area (Å²) in [7, 11) is 0. The molecule has 0 unspecified atom stereocenters. The lowest BCUT2D eigenvalue weighted by Gasteiger charge is -2.37. The molecule has 0 amide bonds. The van der Waals surface area contributed by atoms with Crippen LogP contribution in [0.5, 0.6) is 0 Å². The van der Waals surface area contributed by atoms with E-state index >= 15 is 0 Å². The highest BCUT2D eigenvalue weighted by Crippen LogP contribution is 2.35. The van der Waals surface area contributed by atoms with Gasteiger partial charge in [0.1, 0.15) is 0 Å².